The van der Waals surface area contributed by atoms with Gasteiger partial charge in [-0.15, -0.1) is 11.3 Å². The van der Waals surface area contributed by atoms with Crippen molar-refractivity contribution in [3.05, 3.63) is 64.7 Å². The zero-order valence-electron chi connectivity index (χ0n) is 21.3. The highest BCUT2D eigenvalue weighted by atomic mass is 32.1. The van der Waals surface area contributed by atoms with E-state index in [0.717, 1.165) is 48.9 Å². The molecule has 8 nitrogen and oxygen atoms in total. The number of amides is 1. The maximum Gasteiger partial charge on any atom is 0.257 e. The predicted molar refractivity (Wildman–Crippen MR) is 144 cm³/mol. The Morgan fingerprint density at radius 1 is 1.11 bits per heavy atom. The third-order valence-corrected chi connectivity index (χ3v) is 7.16. The second-order valence-corrected chi connectivity index (χ2v) is 9.96. The van der Waals surface area contributed by atoms with E-state index in [-0.39, 0.29) is 11.3 Å². The number of carbonyl (C=O) groups is 1. The number of rotatable bonds is 10. The van der Waals surface area contributed by atoms with Crippen molar-refractivity contribution in [2.75, 3.05) is 63.8 Å². The number of thiazole rings is 1. The van der Waals surface area contributed by atoms with E-state index in [1.807, 2.05) is 41.8 Å². The summed E-state index contributed by atoms with van der Waals surface area (Å²) in [6.45, 7) is 8.73. The topological polar surface area (TPSA) is 85.0 Å². The van der Waals surface area contributed by atoms with Gasteiger partial charge in [-0.25, -0.2) is 4.98 Å². The largest absolute Gasteiger partial charge is 0.497 e. The third-order valence-electron chi connectivity index (χ3n) is 6.40. The van der Waals surface area contributed by atoms with Crippen LogP contribution in [0.25, 0.3) is 0 Å². The molecule has 0 spiro atoms. The van der Waals surface area contributed by atoms with Gasteiger partial charge in [-0.05, 0) is 35.9 Å². The van der Waals surface area contributed by atoms with Crippen LogP contribution in [0.5, 0.6) is 11.5 Å². The minimum absolute atomic E-state index is 0.221. The molecule has 2 N–H and O–H groups in total. The Balaban J connectivity index is 1.50. The highest BCUT2D eigenvalue weighted by molar-refractivity contribution is 7.14. The Bertz CT molecular complexity index is 1160. The molecule has 192 valence electrons. The van der Waals surface area contributed by atoms with Crippen molar-refractivity contribution in [1.29, 1.82) is 0 Å². The second-order valence-electron chi connectivity index (χ2n) is 9.11. The Hall–Kier alpha value is -3.14. The van der Waals surface area contributed by atoms with Crippen LogP contribution in [0.3, 0.4) is 0 Å². The van der Waals surface area contributed by atoms with E-state index in [1.165, 1.54) is 11.3 Å². The lowest BCUT2D eigenvalue weighted by Crippen LogP contribution is -2.43. The minimum Gasteiger partial charge on any atom is -0.497 e. The predicted octanol–water partition coefficient (Wildman–Crippen LogP) is 4.16. The first-order valence-corrected chi connectivity index (χ1v) is 12.9. The van der Waals surface area contributed by atoms with Gasteiger partial charge in [-0.2, -0.15) is 0 Å². The van der Waals surface area contributed by atoms with Crippen LogP contribution in [0.15, 0.2) is 47.8 Å². The smallest absolute Gasteiger partial charge is 0.257 e. The van der Waals surface area contributed by atoms with E-state index in [0.29, 0.717) is 29.7 Å². The lowest BCUT2D eigenvalue weighted by atomic mass is 9.82. The van der Waals surface area contributed by atoms with Crippen LogP contribution >= 0.6 is 11.3 Å². The van der Waals surface area contributed by atoms with Crippen molar-refractivity contribution < 1.29 is 19.0 Å². The number of nitrogens with one attached hydrogen (secondary N) is 2. The first-order chi connectivity index (χ1) is 17.4. The fourth-order valence-corrected chi connectivity index (χ4v) is 4.99. The number of piperazine rings is 1. The summed E-state index contributed by atoms with van der Waals surface area (Å²) in [5.41, 5.74) is 3.20. The number of ether oxygens (including phenoxy) is 3. The average Bonchev–Trinajstić information content (AvgIpc) is 3.38. The van der Waals surface area contributed by atoms with Gasteiger partial charge < -0.3 is 24.4 Å². The van der Waals surface area contributed by atoms with Crippen LogP contribution in [-0.2, 0) is 10.2 Å². The van der Waals surface area contributed by atoms with Crippen LogP contribution in [0.1, 0.15) is 35.5 Å². The monoisotopic (exact) mass is 510 g/mol. The molecule has 36 heavy (non-hydrogen) atoms. The quantitative estimate of drug-likeness (QED) is 0.396. The summed E-state index contributed by atoms with van der Waals surface area (Å²) >= 11 is 1.42. The number of carbonyl (C=O) groups excluding carboxylic acids is 1. The van der Waals surface area contributed by atoms with Crippen molar-refractivity contribution in [2.24, 2.45) is 0 Å². The second kappa shape index (κ2) is 11.7. The molecular weight excluding hydrogens is 476 g/mol. The summed E-state index contributed by atoms with van der Waals surface area (Å²) in [5, 5.41) is 8.87. The highest BCUT2D eigenvalue weighted by Crippen LogP contribution is 2.35. The Labute approximate surface area is 216 Å². The normalized spacial score (nSPS) is 13.9. The molecule has 4 rings (SSSR count). The molecule has 0 radical (unpaired) electrons. The fourth-order valence-electron chi connectivity index (χ4n) is 4.12. The lowest BCUT2D eigenvalue weighted by Gasteiger charge is -2.31. The van der Waals surface area contributed by atoms with Crippen molar-refractivity contribution in [3.8, 4) is 11.5 Å². The number of benzene rings is 2. The zero-order valence-corrected chi connectivity index (χ0v) is 22.1. The van der Waals surface area contributed by atoms with Gasteiger partial charge in [-0.1, -0.05) is 26.0 Å². The Kier molecular flexibility index (Phi) is 8.45. The number of methoxy groups -OCH3 is 2. The fraction of sp³-hybridized carbons (Fsp3) is 0.407. The van der Waals surface area contributed by atoms with Crippen LogP contribution in [0.4, 0.5) is 10.8 Å². The van der Waals surface area contributed by atoms with E-state index in [2.05, 4.69) is 29.4 Å². The summed E-state index contributed by atoms with van der Waals surface area (Å²) in [6, 6.07) is 13.6. The summed E-state index contributed by atoms with van der Waals surface area (Å²) in [7, 11) is 3.30. The minimum atomic E-state index is -0.320. The molecule has 9 heteroatoms. The van der Waals surface area contributed by atoms with Gasteiger partial charge in [0.05, 0.1) is 25.1 Å². The molecule has 1 fully saturated rings. The van der Waals surface area contributed by atoms with Gasteiger partial charge in [-0.3, -0.25) is 10.1 Å². The molecule has 2 aromatic carbocycles. The summed E-state index contributed by atoms with van der Waals surface area (Å²) < 4.78 is 16.4. The van der Waals surface area contributed by atoms with Gasteiger partial charge in [0.25, 0.3) is 5.91 Å². The van der Waals surface area contributed by atoms with E-state index in [9.17, 15) is 4.79 Å². The summed E-state index contributed by atoms with van der Waals surface area (Å²) in [4.78, 5) is 20.1. The van der Waals surface area contributed by atoms with Gasteiger partial charge >= 0.3 is 0 Å². The van der Waals surface area contributed by atoms with E-state index < -0.39 is 0 Å². The molecule has 0 bridgehead atoms. The molecular formula is C27H34N4O4S. The van der Waals surface area contributed by atoms with Crippen LogP contribution in [-0.4, -0.2) is 64.5 Å². The molecule has 3 aromatic rings. The maximum atomic E-state index is 13.1. The van der Waals surface area contributed by atoms with Gasteiger partial charge in [0.1, 0.15) is 18.1 Å². The van der Waals surface area contributed by atoms with E-state index >= 15 is 0 Å². The lowest BCUT2D eigenvalue weighted by molar-refractivity contribution is 0.102. The first kappa shape index (κ1) is 25.9. The molecule has 1 saturated heterocycles. The SMILES string of the molecule is COCCOc1cc(C(=O)Nc2nc(C(C)(C)c3ccc(OC)cc3)cs2)ccc1N1CCNCC1. The van der Waals surface area contributed by atoms with Crippen molar-refractivity contribution in [3.63, 3.8) is 0 Å². The average molecular weight is 511 g/mol. The Morgan fingerprint density at radius 2 is 1.86 bits per heavy atom. The number of hydrogen-bond acceptors (Lipinski definition) is 8. The zero-order chi connectivity index (χ0) is 25.5. The van der Waals surface area contributed by atoms with Gasteiger partial charge in [0.2, 0.25) is 0 Å². The van der Waals surface area contributed by atoms with Gasteiger partial charge in [0.15, 0.2) is 5.13 Å². The van der Waals surface area contributed by atoms with E-state index in [4.69, 9.17) is 19.2 Å². The molecule has 1 aliphatic heterocycles. The maximum absolute atomic E-state index is 13.1. The van der Waals surface area contributed by atoms with Crippen molar-refractivity contribution in [2.45, 2.75) is 19.3 Å². The molecule has 0 aliphatic carbocycles. The summed E-state index contributed by atoms with van der Waals surface area (Å²) in [5.74, 6) is 1.28. The standard InChI is InChI=1S/C27H34N4O4S/c1-27(2,20-6-8-21(34-4)9-7-20)24-18-36-26(29-24)30-25(32)19-5-10-22(31-13-11-28-12-14-31)23(17-19)35-16-15-33-3/h5-10,17-18,28H,11-16H2,1-4H3,(H,29,30,32). The van der Waals surface area contributed by atoms with Crippen LogP contribution in [0, 0.1) is 0 Å². The molecule has 1 aliphatic rings. The van der Waals surface area contributed by atoms with Crippen molar-refractivity contribution >= 4 is 28.1 Å². The number of nitrogens with zero attached hydrogens (tertiary/aromatic N) is 2. The molecule has 2 heterocycles. The molecule has 0 atom stereocenters. The molecule has 0 saturated carbocycles. The van der Waals surface area contributed by atoms with Crippen LogP contribution in [0.2, 0.25) is 0 Å². The number of hydrogen-bond donors (Lipinski definition) is 2. The first-order valence-electron chi connectivity index (χ1n) is 12.1. The molecule has 0 unspecified atom stereocenters. The van der Waals surface area contributed by atoms with Crippen LogP contribution < -0.4 is 25.0 Å². The molecule has 1 aromatic heterocycles. The number of aromatic nitrogens is 1. The summed E-state index contributed by atoms with van der Waals surface area (Å²) in [6.07, 6.45) is 0. The third kappa shape index (κ3) is 5.98. The van der Waals surface area contributed by atoms with Gasteiger partial charge in [0, 0.05) is 49.6 Å². The Morgan fingerprint density at radius 3 is 2.56 bits per heavy atom. The highest BCUT2D eigenvalue weighted by Gasteiger charge is 2.27. The van der Waals surface area contributed by atoms with Crippen molar-refractivity contribution in [1.82, 2.24) is 10.3 Å². The van der Waals surface area contributed by atoms with E-state index in [1.54, 1.807) is 20.3 Å². The number of anilines is 2. The molecule has 1 amide bonds.